The Hall–Kier alpha value is -1.72. The number of rotatable bonds is 9. The lowest BCUT2D eigenvalue weighted by molar-refractivity contribution is -0.166. The van der Waals surface area contributed by atoms with Crippen molar-refractivity contribution < 1.29 is 28.7 Å². The van der Waals surface area contributed by atoms with E-state index < -0.39 is 29.6 Å². The van der Waals surface area contributed by atoms with Gasteiger partial charge in [-0.1, -0.05) is 0 Å². The van der Waals surface area contributed by atoms with Gasteiger partial charge in [-0.05, 0) is 27.2 Å². The number of hydrogen-bond acceptors (Lipinski definition) is 6. The minimum absolute atomic E-state index is 0.00218. The summed E-state index contributed by atoms with van der Waals surface area (Å²) in [6.45, 7) is 4.69. The zero-order valence-electron chi connectivity index (χ0n) is 11.6. The molecule has 0 aromatic rings. The Labute approximate surface area is 112 Å². The average Bonchev–Trinajstić information content (AvgIpc) is 2.34. The van der Waals surface area contributed by atoms with E-state index in [4.69, 9.17) is 9.47 Å². The summed E-state index contributed by atoms with van der Waals surface area (Å²) in [5.41, 5.74) is -1.62. The van der Waals surface area contributed by atoms with Crippen molar-refractivity contribution in [3.8, 4) is 0 Å². The van der Waals surface area contributed by atoms with E-state index in [2.05, 4.69) is 0 Å². The smallest absolute Gasteiger partial charge is 0.320 e. The lowest BCUT2D eigenvalue weighted by atomic mass is 9.76. The topological polar surface area (TPSA) is 86.7 Å². The van der Waals surface area contributed by atoms with Crippen molar-refractivity contribution in [3.05, 3.63) is 0 Å². The van der Waals surface area contributed by atoms with Gasteiger partial charge < -0.3 is 14.3 Å². The standard InChI is InChI=1S/C13H20O6/c1-4-18-11(16)9-13(10(3)15,7-6-8-14)12(17)19-5-2/h8H,4-7,9H2,1-3H3. The number of hydrogen-bond donors (Lipinski definition) is 0. The van der Waals surface area contributed by atoms with E-state index in [1.165, 1.54) is 6.92 Å². The number of Topliss-reactive ketones (excluding diaryl/α,β-unsaturated/α-hetero) is 1. The van der Waals surface area contributed by atoms with Crippen LogP contribution in [-0.4, -0.2) is 37.2 Å². The van der Waals surface area contributed by atoms with Gasteiger partial charge in [0.2, 0.25) is 0 Å². The number of esters is 2. The molecule has 0 aliphatic rings. The molecule has 0 heterocycles. The van der Waals surface area contributed by atoms with Gasteiger partial charge in [-0.15, -0.1) is 0 Å². The summed E-state index contributed by atoms with van der Waals surface area (Å²) in [6.07, 6.45) is 0.145. The van der Waals surface area contributed by atoms with Gasteiger partial charge in [0.05, 0.1) is 19.6 Å². The van der Waals surface area contributed by atoms with Gasteiger partial charge in [-0.3, -0.25) is 14.4 Å². The molecule has 1 unspecified atom stereocenters. The van der Waals surface area contributed by atoms with Crippen LogP contribution in [-0.2, 0) is 28.7 Å². The zero-order chi connectivity index (χ0) is 14.9. The average molecular weight is 272 g/mol. The Morgan fingerprint density at radius 2 is 1.68 bits per heavy atom. The minimum Gasteiger partial charge on any atom is -0.466 e. The van der Waals surface area contributed by atoms with Crippen molar-refractivity contribution in [1.29, 1.82) is 0 Å². The highest BCUT2D eigenvalue weighted by Gasteiger charge is 2.46. The summed E-state index contributed by atoms with van der Waals surface area (Å²) < 4.78 is 9.63. The third-order valence-corrected chi connectivity index (χ3v) is 2.78. The van der Waals surface area contributed by atoms with Crippen molar-refractivity contribution in [3.63, 3.8) is 0 Å². The van der Waals surface area contributed by atoms with Crippen LogP contribution in [0.3, 0.4) is 0 Å². The number of aldehydes is 1. The first-order valence-electron chi connectivity index (χ1n) is 6.22. The van der Waals surface area contributed by atoms with Gasteiger partial charge in [0.15, 0.2) is 0 Å². The van der Waals surface area contributed by atoms with E-state index in [1.807, 2.05) is 0 Å². The number of ketones is 1. The van der Waals surface area contributed by atoms with E-state index in [9.17, 15) is 19.2 Å². The molecule has 0 N–H and O–H groups in total. The van der Waals surface area contributed by atoms with Gasteiger partial charge in [0.25, 0.3) is 0 Å². The largest absolute Gasteiger partial charge is 0.466 e. The predicted octanol–water partition coefficient (Wildman–Crippen LogP) is 1.06. The summed E-state index contributed by atoms with van der Waals surface area (Å²) in [5, 5.41) is 0. The van der Waals surface area contributed by atoms with Crippen LogP contribution in [0.25, 0.3) is 0 Å². The molecule has 1 atom stereocenters. The molecule has 0 aliphatic carbocycles. The number of carbonyl (C=O) groups excluding carboxylic acids is 4. The fraction of sp³-hybridized carbons (Fsp3) is 0.692. The van der Waals surface area contributed by atoms with Crippen LogP contribution in [0.5, 0.6) is 0 Å². The summed E-state index contributed by atoms with van der Waals surface area (Å²) >= 11 is 0. The fourth-order valence-electron chi connectivity index (χ4n) is 1.74. The van der Waals surface area contributed by atoms with Crippen LogP contribution in [0.1, 0.15) is 40.0 Å². The Kier molecular flexibility index (Phi) is 7.63. The van der Waals surface area contributed by atoms with E-state index in [-0.39, 0.29) is 26.1 Å². The molecule has 0 aromatic heterocycles. The summed E-state index contributed by atoms with van der Waals surface area (Å²) in [6, 6.07) is 0. The third-order valence-electron chi connectivity index (χ3n) is 2.78. The van der Waals surface area contributed by atoms with Crippen LogP contribution in [0.4, 0.5) is 0 Å². The Bertz CT molecular complexity index is 349. The van der Waals surface area contributed by atoms with Crippen LogP contribution in [0, 0.1) is 5.41 Å². The van der Waals surface area contributed by atoms with Gasteiger partial charge >= 0.3 is 11.9 Å². The SMILES string of the molecule is CCOC(=O)CC(CCC=O)(C(C)=O)C(=O)OCC. The Morgan fingerprint density at radius 3 is 2.11 bits per heavy atom. The second-order valence-electron chi connectivity index (χ2n) is 4.05. The number of carbonyl (C=O) groups is 4. The van der Waals surface area contributed by atoms with Gasteiger partial charge in [-0.25, -0.2) is 0 Å². The first-order valence-corrected chi connectivity index (χ1v) is 6.22. The monoisotopic (exact) mass is 272 g/mol. The highest BCUT2D eigenvalue weighted by molar-refractivity contribution is 6.05. The molecule has 19 heavy (non-hydrogen) atoms. The summed E-state index contributed by atoms with van der Waals surface area (Å²) in [4.78, 5) is 45.8. The predicted molar refractivity (Wildman–Crippen MR) is 66.3 cm³/mol. The van der Waals surface area contributed by atoms with Crippen LogP contribution in [0.15, 0.2) is 0 Å². The molecule has 0 rings (SSSR count). The summed E-state index contributed by atoms with van der Waals surface area (Å²) in [7, 11) is 0. The first kappa shape index (κ1) is 17.3. The molecule has 0 radical (unpaired) electrons. The highest BCUT2D eigenvalue weighted by Crippen LogP contribution is 2.31. The van der Waals surface area contributed by atoms with E-state index in [1.54, 1.807) is 13.8 Å². The highest BCUT2D eigenvalue weighted by atomic mass is 16.5. The second kappa shape index (κ2) is 8.39. The van der Waals surface area contributed by atoms with Crippen molar-refractivity contribution in [2.24, 2.45) is 5.41 Å². The molecule has 6 heteroatoms. The molecule has 0 saturated heterocycles. The van der Waals surface area contributed by atoms with Gasteiger partial charge in [0.1, 0.15) is 17.5 Å². The molecule has 0 fully saturated rings. The van der Waals surface area contributed by atoms with E-state index >= 15 is 0 Å². The molecule has 0 bridgehead atoms. The van der Waals surface area contributed by atoms with Crippen molar-refractivity contribution in [1.82, 2.24) is 0 Å². The fourth-order valence-corrected chi connectivity index (χ4v) is 1.74. The third kappa shape index (κ3) is 4.81. The molecule has 0 spiro atoms. The van der Waals surface area contributed by atoms with Gasteiger partial charge in [0, 0.05) is 6.42 Å². The van der Waals surface area contributed by atoms with Crippen molar-refractivity contribution >= 4 is 24.0 Å². The molecule has 0 saturated carbocycles. The minimum atomic E-state index is -1.62. The lowest BCUT2D eigenvalue weighted by Gasteiger charge is -2.27. The van der Waals surface area contributed by atoms with Gasteiger partial charge in [-0.2, -0.15) is 0 Å². The molecule has 108 valence electrons. The molecule has 0 aliphatic heterocycles. The Morgan fingerprint density at radius 1 is 1.11 bits per heavy atom. The Balaban J connectivity index is 5.24. The molecule has 0 amide bonds. The van der Waals surface area contributed by atoms with E-state index in [0.717, 1.165) is 0 Å². The lowest BCUT2D eigenvalue weighted by Crippen LogP contribution is -2.42. The van der Waals surface area contributed by atoms with Crippen LogP contribution < -0.4 is 0 Å². The van der Waals surface area contributed by atoms with Crippen molar-refractivity contribution in [2.45, 2.75) is 40.0 Å². The molecular weight excluding hydrogens is 252 g/mol. The summed E-state index contributed by atoms with van der Waals surface area (Å²) in [5.74, 6) is -1.94. The first-order chi connectivity index (χ1) is 8.94. The van der Waals surface area contributed by atoms with Crippen LogP contribution in [0.2, 0.25) is 0 Å². The second-order valence-corrected chi connectivity index (χ2v) is 4.05. The zero-order valence-corrected chi connectivity index (χ0v) is 11.6. The quantitative estimate of drug-likeness (QED) is 0.354. The maximum atomic E-state index is 12.0. The molecular formula is C13H20O6. The molecule has 6 nitrogen and oxygen atoms in total. The molecule has 0 aromatic carbocycles. The normalized spacial score (nSPS) is 13.2. The maximum absolute atomic E-state index is 12.0. The maximum Gasteiger partial charge on any atom is 0.320 e. The number of ether oxygens (including phenoxy) is 2. The van der Waals surface area contributed by atoms with Crippen molar-refractivity contribution in [2.75, 3.05) is 13.2 Å². The van der Waals surface area contributed by atoms with E-state index in [0.29, 0.717) is 6.29 Å². The van der Waals surface area contributed by atoms with Crippen LogP contribution >= 0.6 is 0 Å².